The fraction of sp³-hybridized carbons (Fsp3) is 0.237. The van der Waals surface area contributed by atoms with Gasteiger partial charge in [0.25, 0.3) is 5.56 Å². The van der Waals surface area contributed by atoms with Crippen molar-refractivity contribution in [3.8, 4) is 17.2 Å². The van der Waals surface area contributed by atoms with Crippen molar-refractivity contribution in [3.63, 3.8) is 0 Å². The molecule has 47 heavy (non-hydrogen) atoms. The summed E-state index contributed by atoms with van der Waals surface area (Å²) in [6.07, 6.45) is 1.80. The summed E-state index contributed by atoms with van der Waals surface area (Å²) in [5, 5.41) is 1.97. The van der Waals surface area contributed by atoms with Crippen molar-refractivity contribution in [1.82, 2.24) is 4.57 Å². The van der Waals surface area contributed by atoms with Gasteiger partial charge in [0.15, 0.2) is 16.3 Å². The van der Waals surface area contributed by atoms with E-state index in [9.17, 15) is 9.59 Å². The molecule has 0 aliphatic carbocycles. The average molecular weight is 649 g/mol. The van der Waals surface area contributed by atoms with Crippen LogP contribution in [0.5, 0.6) is 17.2 Å². The second-order valence-corrected chi connectivity index (χ2v) is 12.4. The monoisotopic (exact) mass is 648 g/mol. The summed E-state index contributed by atoms with van der Waals surface area (Å²) >= 11 is 1.27. The summed E-state index contributed by atoms with van der Waals surface area (Å²) in [7, 11) is 1.56. The molecule has 4 aromatic carbocycles. The first-order valence-electron chi connectivity index (χ1n) is 15.5. The van der Waals surface area contributed by atoms with Crippen LogP contribution >= 0.6 is 11.3 Å². The quantitative estimate of drug-likeness (QED) is 0.165. The number of esters is 1. The third-order valence-electron chi connectivity index (χ3n) is 7.83. The molecule has 0 amide bonds. The number of methoxy groups -OCH3 is 1. The first kappa shape index (κ1) is 31.8. The molecule has 2 heterocycles. The number of allylic oxidation sites excluding steroid dienone is 1. The van der Waals surface area contributed by atoms with E-state index in [1.54, 1.807) is 37.7 Å². The smallest absolute Gasteiger partial charge is 0.338 e. The van der Waals surface area contributed by atoms with Crippen LogP contribution < -0.4 is 29.1 Å². The zero-order valence-corrected chi connectivity index (χ0v) is 27.8. The number of ether oxygens (including phenoxy) is 4. The van der Waals surface area contributed by atoms with E-state index in [-0.39, 0.29) is 18.3 Å². The maximum Gasteiger partial charge on any atom is 0.338 e. The normalized spacial score (nSPS) is 14.6. The number of thiazole rings is 1. The van der Waals surface area contributed by atoms with E-state index in [4.69, 9.17) is 23.9 Å². The van der Waals surface area contributed by atoms with Gasteiger partial charge < -0.3 is 18.9 Å². The van der Waals surface area contributed by atoms with Crippen LogP contribution in [-0.2, 0) is 16.1 Å². The SMILES string of the molecule is CCOC(=O)C1=C(C)N=c2s/c(=C/c3c(OCc4ccccc4)ccc4ccccc34)c(=O)n2[C@@H]1c1ccc(OC(C)C)c(OC)c1. The maximum absolute atomic E-state index is 14.4. The van der Waals surface area contributed by atoms with Crippen molar-refractivity contribution < 1.29 is 23.7 Å². The molecule has 0 unspecified atom stereocenters. The topological polar surface area (TPSA) is 88.4 Å². The highest BCUT2D eigenvalue weighted by Gasteiger charge is 2.34. The lowest BCUT2D eigenvalue weighted by Crippen LogP contribution is -2.40. The summed E-state index contributed by atoms with van der Waals surface area (Å²) in [6.45, 7) is 7.95. The molecule has 1 aromatic heterocycles. The van der Waals surface area contributed by atoms with Gasteiger partial charge in [0.2, 0.25) is 0 Å². The highest BCUT2D eigenvalue weighted by atomic mass is 32.1. The summed E-state index contributed by atoms with van der Waals surface area (Å²) in [6, 6.07) is 26.6. The van der Waals surface area contributed by atoms with Gasteiger partial charge in [0.05, 0.1) is 41.7 Å². The molecule has 0 N–H and O–H groups in total. The molecule has 0 bridgehead atoms. The Kier molecular flexibility index (Phi) is 9.26. The van der Waals surface area contributed by atoms with Crippen molar-refractivity contribution in [2.45, 2.75) is 46.4 Å². The lowest BCUT2D eigenvalue weighted by Gasteiger charge is -2.25. The van der Waals surface area contributed by atoms with Crippen LogP contribution in [0.15, 0.2) is 106 Å². The lowest BCUT2D eigenvalue weighted by atomic mass is 9.95. The fourth-order valence-electron chi connectivity index (χ4n) is 5.73. The Hall–Kier alpha value is -5.15. The number of hydrogen-bond acceptors (Lipinski definition) is 8. The van der Waals surface area contributed by atoms with Crippen LogP contribution in [-0.4, -0.2) is 30.4 Å². The average Bonchev–Trinajstić information content (AvgIpc) is 3.37. The van der Waals surface area contributed by atoms with Crippen LogP contribution in [0, 0.1) is 0 Å². The molecule has 0 saturated heterocycles. The summed E-state index contributed by atoms with van der Waals surface area (Å²) in [5.74, 6) is 1.19. The molecule has 0 spiro atoms. The molecule has 8 nitrogen and oxygen atoms in total. The number of carbonyl (C=O) groups is 1. The van der Waals surface area contributed by atoms with E-state index < -0.39 is 12.0 Å². The minimum absolute atomic E-state index is 0.0692. The molecule has 0 fully saturated rings. The zero-order chi connectivity index (χ0) is 33.1. The van der Waals surface area contributed by atoms with Crippen molar-refractivity contribution in [3.05, 3.63) is 133 Å². The Labute approximate surface area is 276 Å². The molecule has 240 valence electrons. The summed E-state index contributed by atoms with van der Waals surface area (Å²) < 4.78 is 25.5. The minimum Gasteiger partial charge on any atom is -0.493 e. The van der Waals surface area contributed by atoms with E-state index in [2.05, 4.69) is 0 Å². The van der Waals surface area contributed by atoms with E-state index in [0.717, 1.165) is 21.9 Å². The van der Waals surface area contributed by atoms with Crippen LogP contribution in [0.2, 0.25) is 0 Å². The van der Waals surface area contributed by atoms with E-state index in [0.29, 0.717) is 50.0 Å². The van der Waals surface area contributed by atoms with Gasteiger partial charge in [-0.05, 0) is 73.9 Å². The second kappa shape index (κ2) is 13.7. The number of fused-ring (bicyclic) bond motifs is 2. The van der Waals surface area contributed by atoms with Crippen molar-refractivity contribution in [2.75, 3.05) is 13.7 Å². The number of carbonyl (C=O) groups excluding carboxylic acids is 1. The standard InChI is InChI=1S/C38H36N2O6S/c1-6-44-37(42)34-24(4)39-38-40(35(34)27-17-19-31(46-23(2)3)32(20-27)43-5)36(41)33(47-38)21-29-28-15-11-10-14-26(28)16-18-30(29)45-22-25-12-8-7-9-13-25/h7-21,23,35H,6,22H2,1-5H3/b33-21+/t35-/m1/s1. The zero-order valence-electron chi connectivity index (χ0n) is 27.0. The summed E-state index contributed by atoms with van der Waals surface area (Å²) in [5.41, 5.74) is 2.99. The molecule has 1 aliphatic heterocycles. The molecule has 1 aliphatic rings. The highest BCUT2D eigenvalue weighted by Crippen LogP contribution is 2.37. The van der Waals surface area contributed by atoms with Crippen molar-refractivity contribution in [2.24, 2.45) is 4.99 Å². The van der Waals surface area contributed by atoms with Crippen molar-refractivity contribution in [1.29, 1.82) is 0 Å². The molecular formula is C38H36N2O6S. The molecule has 0 radical (unpaired) electrons. The van der Waals surface area contributed by atoms with Gasteiger partial charge in [0.1, 0.15) is 12.4 Å². The van der Waals surface area contributed by atoms with E-state index in [1.807, 2.05) is 92.7 Å². The predicted octanol–water partition coefficient (Wildman–Crippen LogP) is 6.33. The van der Waals surface area contributed by atoms with E-state index >= 15 is 0 Å². The van der Waals surface area contributed by atoms with Gasteiger partial charge in [-0.25, -0.2) is 9.79 Å². The van der Waals surface area contributed by atoms with Gasteiger partial charge in [-0.1, -0.05) is 78.1 Å². The molecular weight excluding hydrogens is 612 g/mol. The highest BCUT2D eigenvalue weighted by molar-refractivity contribution is 7.07. The molecule has 9 heteroatoms. The maximum atomic E-state index is 14.4. The number of hydrogen-bond donors (Lipinski definition) is 0. The number of aromatic nitrogens is 1. The van der Waals surface area contributed by atoms with Gasteiger partial charge in [-0.15, -0.1) is 0 Å². The van der Waals surface area contributed by atoms with Crippen LogP contribution in [0.4, 0.5) is 0 Å². The fourth-order valence-corrected chi connectivity index (χ4v) is 6.76. The Morgan fingerprint density at radius 1 is 0.979 bits per heavy atom. The lowest BCUT2D eigenvalue weighted by molar-refractivity contribution is -0.139. The Balaban J connectivity index is 1.53. The Morgan fingerprint density at radius 3 is 2.47 bits per heavy atom. The third kappa shape index (κ3) is 6.44. The largest absolute Gasteiger partial charge is 0.493 e. The van der Waals surface area contributed by atoms with Crippen molar-refractivity contribution >= 4 is 34.2 Å². The third-order valence-corrected chi connectivity index (χ3v) is 8.81. The number of benzene rings is 4. The molecule has 5 aromatic rings. The van der Waals surface area contributed by atoms with Gasteiger partial charge in [-0.3, -0.25) is 9.36 Å². The molecule has 0 saturated carbocycles. The number of rotatable bonds is 10. The predicted molar refractivity (Wildman–Crippen MR) is 184 cm³/mol. The van der Waals surface area contributed by atoms with E-state index in [1.165, 1.54) is 11.3 Å². The Morgan fingerprint density at radius 2 is 1.72 bits per heavy atom. The Bertz CT molecular complexity index is 2160. The number of nitrogens with zero attached hydrogens (tertiary/aromatic N) is 2. The first-order valence-corrected chi connectivity index (χ1v) is 16.3. The summed E-state index contributed by atoms with van der Waals surface area (Å²) in [4.78, 5) is 33.1. The van der Waals surface area contributed by atoms with Crippen LogP contribution in [0.1, 0.15) is 50.4 Å². The first-order chi connectivity index (χ1) is 22.8. The minimum atomic E-state index is -0.796. The van der Waals surface area contributed by atoms with Gasteiger partial charge >= 0.3 is 5.97 Å². The second-order valence-electron chi connectivity index (χ2n) is 11.4. The van der Waals surface area contributed by atoms with Gasteiger partial charge in [0, 0.05) is 5.56 Å². The molecule has 6 rings (SSSR count). The van der Waals surface area contributed by atoms with Gasteiger partial charge in [-0.2, -0.15) is 0 Å². The van der Waals surface area contributed by atoms with Crippen LogP contribution in [0.3, 0.4) is 0 Å². The molecule has 1 atom stereocenters. The van der Waals surface area contributed by atoms with Crippen LogP contribution in [0.25, 0.3) is 16.8 Å².